The van der Waals surface area contributed by atoms with E-state index < -0.39 is 0 Å². The maximum atomic E-state index is 5.57. The molecule has 1 aromatic heterocycles. The van der Waals surface area contributed by atoms with Crippen molar-refractivity contribution in [2.75, 3.05) is 6.54 Å². The van der Waals surface area contributed by atoms with Gasteiger partial charge in [-0.25, -0.2) is 4.57 Å². The average Bonchev–Trinajstić information content (AvgIpc) is 2.82. The summed E-state index contributed by atoms with van der Waals surface area (Å²) in [5.74, 6) is 0. The van der Waals surface area contributed by atoms with Crippen LogP contribution >= 0.6 is 0 Å². The van der Waals surface area contributed by atoms with Crippen molar-refractivity contribution >= 4 is 44.5 Å². The third-order valence-corrected chi connectivity index (χ3v) is 6.28. The van der Waals surface area contributed by atoms with Gasteiger partial charge < -0.3 is 5.73 Å². The van der Waals surface area contributed by atoms with E-state index in [1.54, 1.807) is 0 Å². The summed E-state index contributed by atoms with van der Waals surface area (Å²) in [6.07, 6.45) is 13.7. The van der Waals surface area contributed by atoms with Gasteiger partial charge in [0.25, 0.3) is 0 Å². The first-order valence-corrected chi connectivity index (χ1v) is 11.4. The first-order valence-electron chi connectivity index (χ1n) is 11.4. The van der Waals surface area contributed by atoms with E-state index in [4.69, 9.17) is 5.73 Å². The Kier molecular flexibility index (Phi) is 5.64. The number of hydrogen-bond acceptors (Lipinski definition) is 1. The summed E-state index contributed by atoms with van der Waals surface area (Å²) in [6, 6.07) is 24.4. The highest BCUT2D eigenvalue weighted by molar-refractivity contribution is 6.24. The zero-order chi connectivity index (χ0) is 21.0. The van der Waals surface area contributed by atoms with Crippen LogP contribution in [0.25, 0.3) is 44.5 Å². The quantitative estimate of drug-likeness (QED) is 0.177. The lowest BCUT2D eigenvalue weighted by atomic mass is 9.91. The topological polar surface area (TPSA) is 29.9 Å². The van der Waals surface area contributed by atoms with Crippen LogP contribution in [0.4, 0.5) is 0 Å². The molecule has 2 nitrogen and oxygen atoms in total. The normalized spacial score (nSPS) is 12.0. The van der Waals surface area contributed by atoms with Gasteiger partial charge in [0.15, 0.2) is 12.4 Å². The standard InChI is InChI=1S/C29H29N2/c30-17-3-1-2-4-18-31-19-15-22(16-20-31)11-12-25-21-26-9-5-7-23-13-14-24-8-6-10-27(25)29(24)28(23)26/h5-16,19-21H,1-4,17-18,30H2/q+1/b12-11+. The molecule has 0 atom stereocenters. The second-order valence-corrected chi connectivity index (χ2v) is 8.42. The van der Waals surface area contributed by atoms with Gasteiger partial charge in [-0.15, -0.1) is 0 Å². The van der Waals surface area contributed by atoms with Gasteiger partial charge in [-0.1, -0.05) is 67.1 Å². The highest BCUT2D eigenvalue weighted by Gasteiger charge is 2.10. The van der Waals surface area contributed by atoms with E-state index >= 15 is 0 Å². The first kappa shape index (κ1) is 19.7. The zero-order valence-corrected chi connectivity index (χ0v) is 17.9. The number of benzene rings is 4. The van der Waals surface area contributed by atoms with Gasteiger partial charge in [-0.2, -0.15) is 0 Å². The van der Waals surface area contributed by atoms with E-state index in [1.165, 1.54) is 62.7 Å². The van der Waals surface area contributed by atoms with Gasteiger partial charge in [0.1, 0.15) is 6.54 Å². The van der Waals surface area contributed by atoms with Crippen molar-refractivity contribution in [1.82, 2.24) is 0 Å². The highest BCUT2D eigenvalue weighted by atomic mass is 14.9. The Morgan fingerprint density at radius 3 is 2.19 bits per heavy atom. The predicted octanol–water partition coefficient (Wildman–Crippen LogP) is 6.56. The van der Waals surface area contributed by atoms with Crippen molar-refractivity contribution in [2.24, 2.45) is 5.73 Å². The van der Waals surface area contributed by atoms with Gasteiger partial charge in [0.2, 0.25) is 0 Å². The minimum Gasteiger partial charge on any atom is -0.330 e. The van der Waals surface area contributed by atoms with E-state index in [-0.39, 0.29) is 0 Å². The van der Waals surface area contributed by atoms with E-state index in [0.717, 1.165) is 19.5 Å². The molecule has 154 valence electrons. The molecule has 0 saturated carbocycles. The Morgan fingerprint density at radius 2 is 1.39 bits per heavy atom. The largest absolute Gasteiger partial charge is 0.330 e. The molecular weight excluding hydrogens is 376 g/mol. The number of pyridine rings is 1. The molecule has 0 fully saturated rings. The summed E-state index contributed by atoms with van der Waals surface area (Å²) in [5, 5.41) is 8.00. The third kappa shape index (κ3) is 4.04. The number of nitrogens with zero attached hydrogens (tertiary/aromatic N) is 1. The number of hydrogen-bond donors (Lipinski definition) is 1. The number of nitrogens with two attached hydrogens (primary N) is 1. The fourth-order valence-electron chi connectivity index (χ4n) is 4.64. The molecule has 1 heterocycles. The molecule has 5 aromatic rings. The van der Waals surface area contributed by atoms with Gasteiger partial charge in [0, 0.05) is 18.6 Å². The molecule has 0 aliphatic heterocycles. The van der Waals surface area contributed by atoms with E-state index in [0.29, 0.717) is 0 Å². The molecule has 2 N–H and O–H groups in total. The average molecular weight is 406 g/mol. The molecule has 0 radical (unpaired) electrons. The first-order chi connectivity index (χ1) is 15.3. The predicted molar refractivity (Wildman–Crippen MR) is 133 cm³/mol. The summed E-state index contributed by atoms with van der Waals surface area (Å²) in [7, 11) is 0. The summed E-state index contributed by atoms with van der Waals surface area (Å²) in [5.41, 5.74) is 8.07. The summed E-state index contributed by atoms with van der Waals surface area (Å²) < 4.78 is 2.28. The zero-order valence-electron chi connectivity index (χ0n) is 17.9. The van der Waals surface area contributed by atoms with Crippen LogP contribution in [0.5, 0.6) is 0 Å². The maximum absolute atomic E-state index is 5.57. The minimum absolute atomic E-state index is 0.805. The van der Waals surface area contributed by atoms with Crippen molar-refractivity contribution in [3.63, 3.8) is 0 Å². The van der Waals surface area contributed by atoms with E-state index in [1.807, 2.05) is 0 Å². The Hall–Kier alpha value is -3.23. The summed E-state index contributed by atoms with van der Waals surface area (Å²) in [6.45, 7) is 1.88. The molecule has 4 aromatic carbocycles. The van der Waals surface area contributed by atoms with Crippen molar-refractivity contribution in [1.29, 1.82) is 0 Å². The van der Waals surface area contributed by atoms with Gasteiger partial charge in [-0.3, -0.25) is 0 Å². The highest BCUT2D eigenvalue weighted by Crippen LogP contribution is 2.36. The fraction of sp³-hybridized carbons (Fsp3) is 0.207. The minimum atomic E-state index is 0.805. The Morgan fingerprint density at radius 1 is 0.677 bits per heavy atom. The molecule has 0 unspecified atom stereocenters. The molecule has 0 aliphatic carbocycles. The molecule has 5 rings (SSSR count). The van der Waals surface area contributed by atoms with E-state index in [9.17, 15) is 0 Å². The lowest BCUT2D eigenvalue weighted by Gasteiger charge is -2.12. The van der Waals surface area contributed by atoms with Crippen LogP contribution in [-0.2, 0) is 6.54 Å². The second kappa shape index (κ2) is 8.87. The molecule has 0 aliphatic rings. The van der Waals surface area contributed by atoms with Crippen LogP contribution in [0.15, 0.2) is 79.1 Å². The second-order valence-electron chi connectivity index (χ2n) is 8.42. The van der Waals surface area contributed by atoms with Gasteiger partial charge in [-0.05, 0) is 68.9 Å². The third-order valence-electron chi connectivity index (χ3n) is 6.28. The van der Waals surface area contributed by atoms with Crippen LogP contribution in [0.2, 0.25) is 0 Å². The summed E-state index contributed by atoms with van der Waals surface area (Å²) >= 11 is 0. The van der Waals surface area contributed by atoms with Gasteiger partial charge in [0.05, 0.1) is 0 Å². The van der Waals surface area contributed by atoms with Crippen molar-refractivity contribution in [2.45, 2.75) is 32.2 Å². The molecule has 0 amide bonds. The molecule has 0 saturated heterocycles. The monoisotopic (exact) mass is 405 g/mol. The Balaban J connectivity index is 1.41. The SMILES string of the molecule is NCCCCCC[n+]1ccc(/C=C/c2cc3cccc4ccc5cccc2c5c43)cc1. The molecular formula is C29H29N2+. The number of rotatable bonds is 8. The van der Waals surface area contributed by atoms with Crippen LogP contribution in [0, 0.1) is 0 Å². The summed E-state index contributed by atoms with van der Waals surface area (Å²) in [4.78, 5) is 0. The van der Waals surface area contributed by atoms with Crippen LogP contribution < -0.4 is 10.3 Å². The van der Waals surface area contributed by atoms with Crippen molar-refractivity contribution in [3.8, 4) is 0 Å². The van der Waals surface area contributed by atoms with Gasteiger partial charge >= 0.3 is 0 Å². The number of unbranched alkanes of at least 4 members (excludes halogenated alkanes) is 3. The lowest BCUT2D eigenvalue weighted by molar-refractivity contribution is -0.697. The van der Waals surface area contributed by atoms with E-state index in [2.05, 4.69) is 95.8 Å². The molecule has 31 heavy (non-hydrogen) atoms. The van der Waals surface area contributed by atoms with Crippen molar-refractivity contribution in [3.05, 3.63) is 90.3 Å². The maximum Gasteiger partial charge on any atom is 0.169 e. The number of aromatic nitrogens is 1. The van der Waals surface area contributed by atoms with Crippen LogP contribution in [0.1, 0.15) is 36.8 Å². The van der Waals surface area contributed by atoms with Crippen LogP contribution in [0.3, 0.4) is 0 Å². The Bertz CT molecular complexity index is 1330. The smallest absolute Gasteiger partial charge is 0.169 e. The van der Waals surface area contributed by atoms with Crippen LogP contribution in [-0.4, -0.2) is 6.54 Å². The Labute approximate surface area is 184 Å². The molecule has 0 bridgehead atoms. The molecule has 0 spiro atoms. The number of aryl methyl sites for hydroxylation is 1. The lowest BCUT2D eigenvalue weighted by Crippen LogP contribution is -2.32. The molecule has 2 heteroatoms. The van der Waals surface area contributed by atoms with Crippen molar-refractivity contribution < 1.29 is 4.57 Å². The fourth-order valence-corrected chi connectivity index (χ4v) is 4.64.